The number of ether oxygens (including phenoxy) is 1. The topological polar surface area (TPSA) is 26.3 Å². The van der Waals surface area contributed by atoms with E-state index in [2.05, 4.69) is 6.58 Å². The summed E-state index contributed by atoms with van der Waals surface area (Å²) >= 11 is 1.36. The highest BCUT2D eigenvalue weighted by atomic mass is 32.1. The predicted molar refractivity (Wildman–Crippen MR) is 50.0 cm³/mol. The summed E-state index contributed by atoms with van der Waals surface area (Å²) in [5.74, 6) is 0. The van der Waals surface area contributed by atoms with Gasteiger partial charge in [0.25, 0.3) is 0 Å². The van der Waals surface area contributed by atoms with Crippen LogP contribution in [0.5, 0.6) is 5.06 Å². The van der Waals surface area contributed by atoms with Crippen LogP contribution in [0, 0.1) is 0 Å². The molecule has 0 aliphatic carbocycles. The predicted octanol–water partition coefficient (Wildman–Crippen LogP) is 2.52. The van der Waals surface area contributed by atoms with E-state index in [1.807, 2.05) is 0 Å². The minimum atomic E-state index is 0.627. The van der Waals surface area contributed by atoms with E-state index in [1.165, 1.54) is 11.3 Å². The van der Waals surface area contributed by atoms with E-state index in [1.54, 1.807) is 18.2 Å². The van der Waals surface area contributed by atoms with Gasteiger partial charge in [-0.25, -0.2) is 0 Å². The Morgan fingerprint density at radius 3 is 3.00 bits per heavy atom. The second-order valence-electron chi connectivity index (χ2n) is 2.20. The molecule has 0 spiro atoms. The Morgan fingerprint density at radius 1 is 1.58 bits per heavy atom. The molecule has 12 heavy (non-hydrogen) atoms. The summed E-state index contributed by atoms with van der Waals surface area (Å²) in [5.41, 5.74) is 0. The molecule has 64 valence electrons. The van der Waals surface area contributed by atoms with Crippen molar-refractivity contribution in [1.29, 1.82) is 0 Å². The van der Waals surface area contributed by atoms with Gasteiger partial charge in [-0.2, -0.15) is 0 Å². The number of hydrogen-bond donors (Lipinski definition) is 0. The van der Waals surface area contributed by atoms with Crippen molar-refractivity contribution in [2.75, 3.05) is 6.61 Å². The van der Waals surface area contributed by atoms with Crippen molar-refractivity contribution in [1.82, 2.24) is 0 Å². The largest absolute Gasteiger partial charge is 0.484 e. The first-order valence-corrected chi connectivity index (χ1v) is 4.47. The molecule has 0 aliphatic rings. The summed E-state index contributed by atoms with van der Waals surface area (Å²) in [6.45, 7) is 4.21. The van der Waals surface area contributed by atoms with Gasteiger partial charge in [0.15, 0.2) is 11.3 Å². The molecule has 1 rings (SSSR count). The van der Waals surface area contributed by atoms with Gasteiger partial charge >= 0.3 is 0 Å². The van der Waals surface area contributed by atoms with E-state index >= 15 is 0 Å². The summed E-state index contributed by atoms with van der Waals surface area (Å²) in [7, 11) is 0. The van der Waals surface area contributed by atoms with Crippen molar-refractivity contribution in [3.63, 3.8) is 0 Å². The summed E-state index contributed by atoms with van der Waals surface area (Å²) in [5, 5.41) is 0.791. The first kappa shape index (κ1) is 9.00. The normalized spacial score (nSPS) is 9.33. The Labute approximate surface area is 75.5 Å². The number of hydrogen-bond acceptors (Lipinski definition) is 3. The van der Waals surface area contributed by atoms with Gasteiger partial charge in [-0.05, 0) is 18.6 Å². The van der Waals surface area contributed by atoms with Crippen molar-refractivity contribution in [3.8, 4) is 5.06 Å². The van der Waals surface area contributed by atoms with Gasteiger partial charge < -0.3 is 4.74 Å². The van der Waals surface area contributed by atoms with Crippen LogP contribution in [0.1, 0.15) is 16.1 Å². The van der Waals surface area contributed by atoms with Crippen LogP contribution in [0.25, 0.3) is 0 Å². The van der Waals surface area contributed by atoms with Crippen molar-refractivity contribution in [3.05, 3.63) is 29.7 Å². The number of carbonyl (C=O) groups is 1. The molecule has 2 nitrogen and oxygen atoms in total. The Kier molecular flexibility index (Phi) is 3.54. The molecule has 0 radical (unpaired) electrons. The molecular weight excluding hydrogens is 172 g/mol. The molecule has 1 aromatic heterocycles. The molecule has 0 fully saturated rings. The molecule has 1 heterocycles. The van der Waals surface area contributed by atoms with E-state index < -0.39 is 0 Å². The van der Waals surface area contributed by atoms with E-state index in [9.17, 15) is 4.79 Å². The minimum Gasteiger partial charge on any atom is -0.484 e. The highest BCUT2D eigenvalue weighted by Gasteiger charge is 1.97. The maximum absolute atomic E-state index is 10.3. The quantitative estimate of drug-likeness (QED) is 0.397. The monoisotopic (exact) mass is 182 g/mol. The van der Waals surface area contributed by atoms with Gasteiger partial charge in [0, 0.05) is 0 Å². The zero-order valence-corrected chi connectivity index (χ0v) is 7.47. The fourth-order valence-electron chi connectivity index (χ4n) is 0.718. The highest BCUT2D eigenvalue weighted by Crippen LogP contribution is 2.22. The van der Waals surface area contributed by atoms with Gasteiger partial charge in [-0.1, -0.05) is 17.4 Å². The first-order chi connectivity index (χ1) is 5.86. The lowest BCUT2D eigenvalue weighted by atomic mass is 10.4. The van der Waals surface area contributed by atoms with Crippen molar-refractivity contribution >= 4 is 17.6 Å². The third-order valence-corrected chi connectivity index (χ3v) is 2.21. The maximum atomic E-state index is 10.3. The van der Waals surface area contributed by atoms with E-state index in [4.69, 9.17) is 4.74 Å². The fourth-order valence-corrected chi connectivity index (χ4v) is 1.41. The van der Waals surface area contributed by atoms with Gasteiger partial charge in [0.1, 0.15) is 0 Å². The van der Waals surface area contributed by atoms with Gasteiger partial charge in [0.2, 0.25) is 0 Å². The molecule has 0 aromatic carbocycles. The lowest BCUT2D eigenvalue weighted by Crippen LogP contribution is -1.92. The van der Waals surface area contributed by atoms with E-state index in [-0.39, 0.29) is 0 Å². The van der Waals surface area contributed by atoms with Crippen LogP contribution in [0.2, 0.25) is 0 Å². The second-order valence-corrected chi connectivity index (χ2v) is 3.28. The zero-order chi connectivity index (χ0) is 8.81. The third kappa shape index (κ3) is 2.51. The zero-order valence-electron chi connectivity index (χ0n) is 6.66. The number of rotatable bonds is 5. The number of aldehydes is 1. The lowest BCUT2D eigenvalue weighted by Gasteiger charge is -1.98. The number of thiophene rings is 1. The second kappa shape index (κ2) is 4.72. The van der Waals surface area contributed by atoms with Crippen LogP contribution >= 0.6 is 11.3 Å². The molecule has 0 atom stereocenters. The standard InChI is InChI=1S/C9H10O2S/c1-2-3-6-11-9-5-4-8(7-10)12-9/h2,4-5,7H,1,3,6H2. The van der Waals surface area contributed by atoms with Crippen LogP contribution in [-0.4, -0.2) is 12.9 Å². The van der Waals surface area contributed by atoms with Gasteiger partial charge in [-0.3, -0.25) is 4.79 Å². The molecular formula is C9H10O2S. The van der Waals surface area contributed by atoms with Crippen molar-refractivity contribution in [2.24, 2.45) is 0 Å². The summed E-state index contributed by atoms with van der Waals surface area (Å²) < 4.78 is 5.32. The molecule has 3 heteroatoms. The summed E-state index contributed by atoms with van der Waals surface area (Å²) in [6, 6.07) is 3.55. The average Bonchev–Trinajstić information content (AvgIpc) is 2.53. The van der Waals surface area contributed by atoms with Crippen LogP contribution in [0.15, 0.2) is 24.8 Å². The lowest BCUT2D eigenvalue weighted by molar-refractivity contribution is 0.112. The molecule has 0 aliphatic heterocycles. The molecule has 0 saturated carbocycles. The smallest absolute Gasteiger partial charge is 0.174 e. The Bertz CT molecular complexity index is 265. The Hall–Kier alpha value is -1.09. The van der Waals surface area contributed by atoms with Crippen LogP contribution in [0.3, 0.4) is 0 Å². The molecule has 0 amide bonds. The summed E-state index contributed by atoms with van der Waals surface area (Å²) in [4.78, 5) is 11.0. The fraction of sp³-hybridized carbons (Fsp3) is 0.222. The minimum absolute atomic E-state index is 0.627. The SMILES string of the molecule is C=CCCOc1ccc(C=O)s1. The maximum Gasteiger partial charge on any atom is 0.174 e. The van der Waals surface area contributed by atoms with Crippen LogP contribution in [-0.2, 0) is 0 Å². The molecule has 0 saturated heterocycles. The van der Waals surface area contributed by atoms with Crippen molar-refractivity contribution < 1.29 is 9.53 Å². The van der Waals surface area contributed by atoms with Crippen LogP contribution in [0.4, 0.5) is 0 Å². The number of carbonyl (C=O) groups excluding carboxylic acids is 1. The van der Waals surface area contributed by atoms with Crippen LogP contribution < -0.4 is 4.74 Å². The molecule has 0 N–H and O–H groups in total. The Morgan fingerprint density at radius 2 is 2.42 bits per heavy atom. The first-order valence-electron chi connectivity index (χ1n) is 3.65. The molecule has 1 aromatic rings. The highest BCUT2D eigenvalue weighted by molar-refractivity contribution is 7.15. The van der Waals surface area contributed by atoms with E-state index in [0.717, 1.165) is 17.8 Å². The van der Waals surface area contributed by atoms with E-state index in [0.29, 0.717) is 11.5 Å². The Balaban J connectivity index is 2.41. The summed E-state index contributed by atoms with van der Waals surface area (Å²) in [6.07, 6.45) is 3.45. The molecule has 0 unspecified atom stereocenters. The third-order valence-electron chi connectivity index (χ3n) is 1.28. The van der Waals surface area contributed by atoms with Crippen molar-refractivity contribution in [2.45, 2.75) is 6.42 Å². The van der Waals surface area contributed by atoms with Gasteiger partial charge in [0.05, 0.1) is 11.5 Å². The molecule has 0 bridgehead atoms. The average molecular weight is 182 g/mol. The van der Waals surface area contributed by atoms with Gasteiger partial charge in [-0.15, -0.1) is 6.58 Å².